The first-order valence-electron chi connectivity index (χ1n) is 9.44. The normalized spacial score (nSPS) is 15.5. The minimum absolute atomic E-state index is 0.0436. The number of carbonyl (C=O) groups excluding carboxylic acids is 1. The highest BCUT2D eigenvalue weighted by molar-refractivity contribution is 5.99. The van der Waals surface area contributed by atoms with Crippen molar-refractivity contribution in [1.82, 2.24) is 4.90 Å². The zero-order valence-electron chi connectivity index (χ0n) is 16.3. The van der Waals surface area contributed by atoms with Crippen molar-refractivity contribution in [1.29, 1.82) is 0 Å². The molecule has 0 bridgehead atoms. The molecule has 1 aliphatic heterocycles. The number of aromatic hydroxyl groups is 1. The lowest BCUT2D eigenvalue weighted by Gasteiger charge is -2.24. The molecule has 7 nitrogen and oxygen atoms in total. The van der Waals surface area contributed by atoms with Crippen molar-refractivity contribution in [3.63, 3.8) is 0 Å². The van der Waals surface area contributed by atoms with Crippen LogP contribution in [0.1, 0.15) is 33.5 Å². The Bertz CT molecular complexity index is 1380. The van der Waals surface area contributed by atoms with E-state index in [-0.39, 0.29) is 40.3 Å². The fraction of sp³-hybridized carbons (Fsp3) is 0.130. The van der Waals surface area contributed by atoms with Gasteiger partial charge in [-0.2, -0.15) is 0 Å². The van der Waals surface area contributed by atoms with Crippen LogP contribution in [0.4, 0.5) is 4.39 Å². The molecule has 1 unspecified atom stereocenters. The summed E-state index contributed by atoms with van der Waals surface area (Å²) in [7, 11) is 1.40. The maximum absolute atomic E-state index is 13.8. The van der Waals surface area contributed by atoms with Gasteiger partial charge >= 0.3 is 0 Å². The molecule has 1 N–H and O–H groups in total. The average Bonchev–Trinajstić information content (AvgIpc) is 3.37. The Balaban J connectivity index is 1.76. The van der Waals surface area contributed by atoms with Gasteiger partial charge in [0.1, 0.15) is 17.2 Å². The Morgan fingerprint density at radius 2 is 2.00 bits per heavy atom. The second kappa shape index (κ2) is 7.02. The molecule has 0 aliphatic carbocycles. The number of furan rings is 1. The van der Waals surface area contributed by atoms with E-state index in [9.17, 15) is 19.1 Å². The van der Waals surface area contributed by atoms with Crippen LogP contribution >= 0.6 is 0 Å². The summed E-state index contributed by atoms with van der Waals surface area (Å²) in [5.41, 5.74) is 0.252. The van der Waals surface area contributed by atoms with Crippen LogP contribution in [0.2, 0.25) is 0 Å². The quantitative estimate of drug-likeness (QED) is 0.536. The molecule has 4 aromatic rings. The highest BCUT2D eigenvalue weighted by atomic mass is 19.1. The SMILES string of the molecule is COc1cc(C2c3c(oc4ccc(F)cc4c3=O)C(=O)N2Cc2ccco2)ccc1O. The molecular formula is C23H16FNO6. The number of rotatable bonds is 4. The van der Waals surface area contributed by atoms with E-state index >= 15 is 0 Å². The Hall–Kier alpha value is -4.07. The second-order valence-corrected chi connectivity index (χ2v) is 7.16. The fourth-order valence-electron chi connectivity index (χ4n) is 3.94. The number of nitrogens with zero attached hydrogens (tertiary/aromatic N) is 1. The topological polar surface area (TPSA) is 93.1 Å². The zero-order valence-corrected chi connectivity index (χ0v) is 16.3. The number of phenols is 1. The van der Waals surface area contributed by atoms with Crippen molar-refractivity contribution < 1.29 is 27.9 Å². The Morgan fingerprint density at radius 3 is 2.74 bits per heavy atom. The maximum Gasteiger partial charge on any atom is 0.291 e. The minimum Gasteiger partial charge on any atom is -0.504 e. The predicted molar refractivity (Wildman–Crippen MR) is 108 cm³/mol. The van der Waals surface area contributed by atoms with Gasteiger partial charge in [0, 0.05) is 0 Å². The lowest BCUT2D eigenvalue weighted by molar-refractivity contribution is 0.0701. The summed E-state index contributed by atoms with van der Waals surface area (Å²) >= 11 is 0. The van der Waals surface area contributed by atoms with Gasteiger partial charge in [0.2, 0.25) is 5.76 Å². The molecule has 5 rings (SSSR count). The molecule has 0 saturated carbocycles. The van der Waals surface area contributed by atoms with Crippen molar-refractivity contribution >= 4 is 16.9 Å². The van der Waals surface area contributed by atoms with Gasteiger partial charge in [-0.25, -0.2) is 4.39 Å². The van der Waals surface area contributed by atoms with E-state index in [0.717, 1.165) is 6.07 Å². The Kier molecular flexibility index (Phi) is 4.28. The third-order valence-corrected chi connectivity index (χ3v) is 5.35. The van der Waals surface area contributed by atoms with Crippen LogP contribution in [-0.4, -0.2) is 23.0 Å². The molecule has 2 aromatic carbocycles. The number of phenolic OH excluding ortho intramolecular Hbond substituents is 1. The van der Waals surface area contributed by atoms with Crippen LogP contribution in [-0.2, 0) is 6.54 Å². The molecule has 1 amide bonds. The molecule has 1 atom stereocenters. The summed E-state index contributed by atoms with van der Waals surface area (Å²) in [5.74, 6) is -0.563. The highest BCUT2D eigenvalue weighted by Crippen LogP contribution is 2.41. The number of methoxy groups -OCH3 is 1. The first-order valence-corrected chi connectivity index (χ1v) is 9.44. The van der Waals surface area contributed by atoms with Crippen LogP contribution in [0.3, 0.4) is 0 Å². The minimum atomic E-state index is -0.842. The summed E-state index contributed by atoms with van der Waals surface area (Å²) in [6, 6.07) is 10.7. The van der Waals surface area contributed by atoms with Crippen LogP contribution in [0.5, 0.6) is 11.5 Å². The second-order valence-electron chi connectivity index (χ2n) is 7.16. The van der Waals surface area contributed by atoms with E-state index in [1.54, 1.807) is 24.3 Å². The molecular weight excluding hydrogens is 405 g/mol. The van der Waals surface area contributed by atoms with Gasteiger partial charge in [0.25, 0.3) is 5.91 Å². The molecule has 3 heterocycles. The zero-order chi connectivity index (χ0) is 21.7. The average molecular weight is 421 g/mol. The van der Waals surface area contributed by atoms with E-state index < -0.39 is 23.2 Å². The van der Waals surface area contributed by atoms with E-state index in [1.165, 1.54) is 36.5 Å². The third-order valence-electron chi connectivity index (χ3n) is 5.35. The highest BCUT2D eigenvalue weighted by Gasteiger charge is 2.43. The van der Waals surface area contributed by atoms with Gasteiger partial charge in [-0.05, 0) is 48.0 Å². The van der Waals surface area contributed by atoms with Crippen LogP contribution in [0.25, 0.3) is 11.0 Å². The number of fused-ring (bicyclic) bond motifs is 2. The standard InChI is InChI=1S/C23H16FNO6/c1-29-18-9-12(4-6-16(18)26)20-19-21(27)15-10-13(24)5-7-17(15)31-22(19)23(28)25(20)11-14-3-2-8-30-14/h2-10,20,26H,11H2,1H3. The first-order chi connectivity index (χ1) is 15.0. The van der Waals surface area contributed by atoms with Gasteiger partial charge in [-0.15, -0.1) is 0 Å². The predicted octanol–water partition coefficient (Wildman–Crippen LogP) is 3.98. The fourth-order valence-corrected chi connectivity index (χ4v) is 3.94. The molecule has 0 fully saturated rings. The van der Waals surface area contributed by atoms with Crippen LogP contribution < -0.4 is 10.2 Å². The molecule has 0 spiro atoms. The molecule has 0 saturated heterocycles. The van der Waals surface area contributed by atoms with Gasteiger partial charge in [0.15, 0.2) is 16.9 Å². The summed E-state index contributed by atoms with van der Waals surface area (Å²) in [6.45, 7) is 0.0774. The largest absolute Gasteiger partial charge is 0.504 e. The third kappa shape index (κ3) is 2.95. The van der Waals surface area contributed by atoms with Gasteiger partial charge in [-0.1, -0.05) is 6.07 Å². The molecule has 2 aromatic heterocycles. The molecule has 0 radical (unpaired) electrons. The summed E-state index contributed by atoms with van der Waals surface area (Å²) in [6.07, 6.45) is 1.49. The van der Waals surface area contributed by atoms with E-state index in [1.807, 2.05) is 0 Å². The van der Waals surface area contributed by atoms with Crippen molar-refractivity contribution in [2.45, 2.75) is 12.6 Å². The number of carbonyl (C=O) groups is 1. The number of ether oxygens (including phenoxy) is 1. The summed E-state index contributed by atoms with van der Waals surface area (Å²) in [5, 5.41) is 10.0. The first kappa shape index (κ1) is 18.9. The van der Waals surface area contributed by atoms with Crippen LogP contribution in [0.15, 0.2) is 68.4 Å². The summed E-state index contributed by atoms with van der Waals surface area (Å²) < 4.78 is 30.2. The van der Waals surface area contributed by atoms with Gasteiger partial charge < -0.3 is 23.6 Å². The van der Waals surface area contributed by atoms with Crippen LogP contribution in [0, 0.1) is 5.82 Å². The van der Waals surface area contributed by atoms with Crippen molar-refractivity contribution in [3.05, 3.63) is 93.5 Å². The monoisotopic (exact) mass is 421 g/mol. The number of hydrogen-bond donors (Lipinski definition) is 1. The van der Waals surface area contributed by atoms with Crippen molar-refractivity contribution in [3.8, 4) is 11.5 Å². The van der Waals surface area contributed by atoms with E-state index in [2.05, 4.69) is 0 Å². The molecule has 1 aliphatic rings. The number of hydrogen-bond acceptors (Lipinski definition) is 6. The van der Waals surface area contributed by atoms with Gasteiger partial charge in [-0.3, -0.25) is 9.59 Å². The lowest BCUT2D eigenvalue weighted by atomic mass is 9.98. The number of halogens is 1. The smallest absolute Gasteiger partial charge is 0.291 e. The Morgan fingerprint density at radius 1 is 1.16 bits per heavy atom. The molecule has 31 heavy (non-hydrogen) atoms. The molecule has 156 valence electrons. The molecule has 8 heteroatoms. The lowest BCUT2D eigenvalue weighted by Crippen LogP contribution is -2.29. The maximum atomic E-state index is 13.8. The van der Waals surface area contributed by atoms with Crippen molar-refractivity contribution in [2.75, 3.05) is 7.11 Å². The Labute approximate surface area is 174 Å². The van der Waals surface area contributed by atoms with Gasteiger partial charge in [0.05, 0.1) is 36.9 Å². The number of amides is 1. The van der Waals surface area contributed by atoms with Crippen molar-refractivity contribution in [2.24, 2.45) is 0 Å². The summed E-state index contributed by atoms with van der Waals surface area (Å²) in [4.78, 5) is 28.1. The van der Waals surface area contributed by atoms with E-state index in [0.29, 0.717) is 11.3 Å². The van der Waals surface area contributed by atoms with E-state index in [4.69, 9.17) is 13.6 Å². The number of benzene rings is 2.